The molecule has 1 aliphatic carbocycles. The highest BCUT2D eigenvalue weighted by atomic mass is 35.5. The molecule has 1 saturated carbocycles. The average molecular weight is 531 g/mol. The van der Waals surface area contributed by atoms with Crippen LogP contribution in [0.3, 0.4) is 0 Å². The van der Waals surface area contributed by atoms with Gasteiger partial charge in [0.2, 0.25) is 0 Å². The van der Waals surface area contributed by atoms with Gasteiger partial charge in [-0.15, -0.1) is 22.7 Å². The van der Waals surface area contributed by atoms with Crippen molar-refractivity contribution in [2.45, 2.75) is 29.0 Å². The van der Waals surface area contributed by atoms with E-state index < -0.39 is 27.4 Å². The lowest BCUT2D eigenvalue weighted by molar-refractivity contribution is -0.140. The van der Waals surface area contributed by atoms with Gasteiger partial charge in [0.1, 0.15) is 14.8 Å². The first kappa shape index (κ1) is 23.2. The number of carboxylic acids is 1. The Balaban J connectivity index is 1.41. The molecule has 1 unspecified atom stereocenters. The van der Waals surface area contributed by atoms with Gasteiger partial charge in [-0.2, -0.15) is 4.72 Å². The minimum Gasteiger partial charge on any atom is -0.480 e. The van der Waals surface area contributed by atoms with Crippen molar-refractivity contribution >= 4 is 50.3 Å². The van der Waals surface area contributed by atoms with Crippen molar-refractivity contribution in [2.75, 3.05) is 0 Å². The summed E-state index contributed by atoms with van der Waals surface area (Å²) in [5.74, 6) is -1.66. The highest BCUT2D eigenvalue weighted by molar-refractivity contribution is 7.91. The van der Waals surface area contributed by atoms with E-state index in [4.69, 9.17) is 11.6 Å². The lowest BCUT2D eigenvalue weighted by atomic mass is 10.0. The molecule has 0 spiro atoms. The molecule has 0 bridgehead atoms. The van der Waals surface area contributed by atoms with Gasteiger partial charge in [0, 0.05) is 32.5 Å². The number of nitrogens with one attached hydrogen (secondary N) is 1. The summed E-state index contributed by atoms with van der Waals surface area (Å²) in [5.41, 5.74) is 1.82. The number of aromatic nitrogens is 1. The molecule has 0 radical (unpaired) electrons. The molecule has 5 rings (SSSR count). The van der Waals surface area contributed by atoms with Crippen LogP contribution in [0.2, 0.25) is 5.02 Å². The van der Waals surface area contributed by atoms with Crippen LogP contribution in [-0.2, 0) is 14.8 Å². The number of aryl methyl sites for hydroxylation is 1. The molecule has 0 saturated heterocycles. The summed E-state index contributed by atoms with van der Waals surface area (Å²) >= 11 is 8.53. The molecule has 0 aliphatic heterocycles. The second kappa shape index (κ2) is 8.58. The van der Waals surface area contributed by atoms with E-state index in [0.717, 1.165) is 43.6 Å². The molecular weight excluding hydrogens is 512 g/mol. The van der Waals surface area contributed by atoms with Gasteiger partial charge in [-0.1, -0.05) is 41.9 Å². The molecule has 2 aromatic carbocycles. The number of nitrogens with zero attached hydrogens (tertiary/aromatic N) is 1. The summed E-state index contributed by atoms with van der Waals surface area (Å²) < 4.78 is 28.9. The number of thiophene rings is 1. The first-order valence-corrected chi connectivity index (χ1v) is 13.9. The molecule has 2 heterocycles. The number of carbonyl (C=O) groups is 1. The number of halogens is 1. The Morgan fingerprint density at radius 3 is 2.59 bits per heavy atom. The van der Waals surface area contributed by atoms with Gasteiger partial charge in [0.05, 0.1) is 0 Å². The normalized spacial score (nSPS) is 19.8. The van der Waals surface area contributed by atoms with Crippen molar-refractivity contribution in [3.05, 3.63) is 82.3 Å². The fourth-order valence-corrected chi connectivity index (χ4v) is 7.59. The zero-order valence-corrected chi connectivity index (χ0v) is 21.1. The molecule has 174 valence electrons. The molecule has 34 heavy (non-hydrogen) atoms. The first-order valence-electron chi connectivity index (χ1n) is 10.3. The number of hydrogen-bond acceptors (Lipinski definition) is 6. The smallest absolute Gasteiger partial charge is 0.325 e. The molecule has 1 aliphatic rings. The van der Waals surface area contributed by atoms with Crippen LogP contribution in [0.5, 0.6) is 0 Å². The highest BCUT2D eigenvalue weighted by Crippen LogP contribution is 2.53. The molecule has 2 atom stereocenters. The predicted octanol–water partition coefficient (Wildman–Crippen LogP) is 5.79. The number of thiazole rings is 1. The summed E-state index contributed by atoms with van der Waals surface area (Å²) in [6.45, 7) is 1.91. The van der Waals surface area contributed by atoms with Gasteiger partial charge in [0.15, 0.2) is 0 Å². The summed E-state index contributed by atoms with van der Waals surface area (Å²) in [4.78, 5) is 17.5. The third-order valence-electron chi connectivity index (χ3n) is 5.79. The van der Waals surface area contributed by atoms with Crippen LogP contribution < -0.4 is 4.72 Å². The number of aliphatic carboxylic acids is 1. The minimum atomic E-state index is -4.04. The van der Waals surface area contributed by atoms with E-state index in [-0.39, 0.29) is 10.6 Å². The summed E-state index contributed by atoms with van der Waals surface area (Å²) in [6.07, 6.45) is 0.178. The zero-order valence-electron chi connectivity index (χ0n) is 17.9. The Hall–Kier alpha value is -2.56. The van der Waals surface area contributed by atoms with E-state index in [9.17, 15) is 18.3 Å². The fourth-order valence-electron chi connectivity index (χ4n) is 3.96. The lowest BCUT2D eigenvalue weighted by Gasteiger charge is -2.15. The van der Waals surface area contributed by atoms with Gasteiger partial charge in [-0.25, -0.2) is 13.4 Å². The minimum absolute atomic E-state index is 0.0655. The van der Waals surface area contributed by atoms with Gasteiger partial charge in [-0.3, -0.25) is 4.79 Å². The van der Waals surface area contributed by atoms with Gasteiger partial charge < -0.3 is 5.11 Å². The quantitative estimate of drug-likeness (QED) is 0.315. The van der Waals surface area contributed by atoms with E-state index in [1.54, 1.807) is 18.2 Å². The van der Waals surface area contributed by atoms with Crippen molar-refractivity contribution in [1.82, 2.24) is 9.71 Å². The molecule has 1 fully saturated rings. The predicted molar refractivity (Wildman–Crippen MR) is 135 cm³/mol. The maximum atomic E-state index is 13.2. The number of hydrogen-bond donors (Lipinski definition) is 2. The summed E-state index contributed by atoms with van der Waals surface area (Å²) in [7, 11) is -4.04. The van der Waals surface area contributed by atoms with E-state index in [0.29, 0.717) is 5.02 Å². The number of rotatable bonds is 7. The fraction of sp³-hybridized carbons (Fsp3) is 0.167. The third kappa shape index (κ3) is 4.30. The van der Waals surface area contributed by atoms with Crippen molar-refractivity contribution in [3.63, 3.8) is 0 Å². The van der Waals surface area contributed by atoms with Crippen LogP contribution in [0.15, 0.2) is 70.3 Å². The molecule has 4 aromatic rings. The maximum Gasteiger partial charge on any atom is 0.325 e. The van der Waals surface area contributed by atoms with Gasteiger partial charge >= 0.3 is 5.97 Å². The summed E-state index contributed by atoms with van der Waals surface area (Å²) in [5, 5.41) is 13.4. The van der Waals surface area contributed by atoms with Crippen LogP contribution in [0.25, 0.3) is 21.0 Å². The van der Waals surface area contributed by atoms with E-state index in [2.05, 4.69) is 9.71 Å². The third-order valence-corrected chi connectivity index (χ3v) is 10.2. The molecule has 2 N–H and O–H groups in total. The van der Waals surface area contributed by atoms with Crippen LogP contribution in [0.1, 0.15) is 23.6 Å². The highest BCUT2D eigenvalue weighted by Gasteiger charge is 2.63. The Labute approximate surface area is 209 Å². The first-order chi connectivity index (χ1) is 16.2. The Morgan fingerprint density at radius 1 is 1.15 bits per heavy atom. The molecule has 2 aromatic heterocycles. The van der Waals surface area contributed by atoms with Crippen molar-refractivity contribution in [3.8, 4) is 21.0 Å². The van der Waals surface area contributed by atoms with Crippen LogP contribution in [0, 0.1) is 6.92 Å². The second-order valence-corrected chi connectivity index (χ2v) is 12.5. The molecule has 10 heteroatoms. The van der Waals surface area contributed by atoms with Crippen LogP contribution in [-0.4, -0.2) is 30.0 Å². The van der Waals surface area contributed by atoms with E-state index in [1.165, 1.54) is 17.4 Å². The molecule has 6 nitrogen and oxygen atoms in total. The standard InChI is InChI=1S/C24H19ClN2O4S3/c1-14-13-32-22(26-14)17-4-2-3-16(11-17)19-12-24(19,23(28)29)27-34(30,31)21-10-9-20(33-21)15-5-7-18(25)8-6-15/h2-11,13,19,27H,12H2,1H3,(H,28,29)/t19-,24?/m0/s1. The zero-order chi connectivity index (χ0) is 24.1. The maximum absolute atomic E-state index is 13.2. The van der Waals surface area contributed by atoms with Crippen molar-refractivity contribution in [1.29, 1.82) is 0 Å². The van der Waals surface area contributed by atoms with Crippen molar-refractivity contribution < 1.29 is 18.3 Å². The lowest BCUT2D eigenvalue weighted by Crippen LogP contribution is -2.44. The van der Waals surface area contributed by atoms with Gasteiger partial charge in [0.25, 0.3) is 10.0 Å². The monoisotopic (exact) mass is 530 g/mol. The molecular formula is C24H19ClN2O4S3. The largest absolute Gasteiger partial charge is 0.480 e. The molecule has 0 amide bonds. The van der Waals surface area contributed by atoms with Crippen LogP contribution in [0.4, 0.5) is 0 Å². The van der Waals surface area contributed by atoms with Crippen LogP contribution >= 0.6 is 34.3 Å². The Kier molecular flexibility index (Phi) is 5.86. The SMILES string of the molecule is Cc1csc(-c2cccc([C@@H]3CC3(NS(=O)(=O)c3ccc(-c4ccc(Cl)cc4)s3)C(=O)O)c2)n1. The topological polar surface area (TPSA) is 96.4 Å². The average Bonchev–Trinajstić information content (AvgIpc) is 3.13. The number of benzene rings is 2. The number of sulfonamides is 1. The number of carboxylic acid groups (broad SMARTS) is 1. The Morgan fingerprint density at radius 2 is 1.91 bits per heavy atom. The summed E-state index contributed by atoms with van der Waals surface area (Å²) in [6, 6.07) is 17.8. The van der Waals surface area contributed by atoms with Crippen molar-refractivity contribution in [2.24, 2.45) is 0 Å². The van der Waals surface area contributed by atoms with E-state index in [1.807, 2.05) is 48.7 Å². The van der Waals surface area contributed by atoms with E-state index >= 15 is 0 Å². The second-order valence-electron chi connectivity index (χ2n) is 8.18. The van der Waals surface area contributed by atoms with Gasteiger partial charge in [-0.05, 0) is 54.8 Å². The Bertz CT molecular complexity index is 1490.